The minimum atomic E-state index is -5.65. The highest BCUT2D eigenvalue weighted by Crippen LogP contribution is 2.66. The summed E-state index contributed by atoms with van der Waals surface area (Å²) >= 11 is 0. The molecule has 2 aliphatic rings. The molecule has 3 heterocycles. The molecule has 6 atom stereocenters. The molecule has 0 saturated carbocycles. The van der Waals surface area contributed by atoms with Gasteiger partial charge in [-0.1, -0.05) is 0 Å². The lowest BCUT2D eigenvalue weighted by Gasteiger charge is -2.20. The maximum Gasteiger partial charge on any atom is 0.490 e. The second-order valence-corrected chi connectivity index (χ2v) is 9.90. The molecule has 1 aromatic rings. The molecule has 5 N–H and O–H groups in total. The lowest BCUT2D eigenvalue weighted by atomic mass is 10.1. The fraction of sp³-hybridized carbons (Fsp3) is 0.556. The lowest BCUT2D eigenvalue weighted by molar-refractivity contribution is -0.0425. The van der Waals surface area contributed by atoms with Crippen molar-refractivity contribution in [3.8, 4) is 6.01 Å². The fourth-order valence-electron chi connectivity index (χ4n) is 2.48. The summed E-state index contributed by atoms with van der Waals surface area (Å²) in [6.45, 7) is -0.843. The Morgan fingerprint density at radius 1 is 1.14 bits per heavy atom. The first kappa shape index (κ1) is 21.7. The Bertz CT molecular complexity index is 958. The molecule has 3 rings (SSSR count). The van der Waals surface area contributed by atoms with Gasteiger partial charge in [-0.3, -0.25) is 13.9 Å². The smallest absolute Gasteiger partial charge is 0.453 e. The average Bonchev–Trinajstić information content (AvgIpc) is 2.98. The predicted octanol–water partition coefficient (Wildman–Crippen LogP) is -1.39. The summed E-state index contributed by atoms with van der Waals surface area (Å²) in [5.74, 6) is 0. The zero-order valence-electron chi connectivity index (χ0n) is 13.3. The van der Waals surface area contributed by atoms with Crippen molar-refractivity contribution in [2.45, 2.75) is 24.5 Å². The van der Waals surface area contributed by atoms with E-state index in [1.807, 2.05) is 0 Å². The molecule has 0 radical (unpaired) electrons. The molecule has 1 fully saturated rings. The third-order valence-electron chi connectivity index (χ3n) is 3.45. The van der Waals surface area contributed by atoms with Gasteiger partial charge in [-0.05, 0) is 0 Å². The first-order valence-electron chi connectivity index (χ1n) is 7.14. The third-order valence-corrected chi connectivity index (χ3v) is 7.25. The van der Waals surface area contributed by atoms with Crippen LogP contribution in [0.25, 0.3) is 0 Å². The number of fused-ring (bicyclic) bond motifs is 3. The van der Waals surface area contributed by atoms with E-state index in [-0.39, 0.29) is 6.01 Å². The summed E-state index contributed by atoms with van der Waals surface area (Å²) in [5, 5.41) is 10.2. The molecule has 0 aromatic carbocycles. The summed E-state index contributed by atoms with van der Waals surface area (Å²) in [6.07, 6.45) is -3.36. The van der Waals surface area contributed by atoms with E-state index >= 15 is 0 Å². The number of phosphoric acid groups is 3. The number of hydrogen-bond acceptors (Lipinski definition) is 11. The Hall–Kier alpha value is -0.990. The number of aliphatic hydroxyl groups excluding tert-OH is 1. The van der Waals surface area contributed by atoms with Crippen LogP contribution in [0.4, 0.5) is 0 Å². The highest BCUT2D eigenvalue weighted by Gasteiger charge is 2.52. The molecule has 0 aliphatic carbocycles. The van der Waals surface area contributed by atoms with Crippen molar-refractivity contribution in [1.82, 2.24) is 9.55 Å². The van der Waals surface area contributed by atoms with E-state index in [0.29, 0.717) is 0 Å². The minimum absolute atomic E-state index is 0.104. The Morgan fingerprint density at radius 2 is 1.82 bits per heavy atom. The number of hydrogen-bond donors (Lipinski definition) is 5. The average molecular weight is 466 g/mol. The molecule has 158 valence electrons. The summed E-state index contributed by atoms with van der Waals surface area (Å²) in [6, 6.07) is 1.01. The zero-order valence-corrected chi connectivity index (χ0v) is 16.0. The zero-order chi connectivity index (χ0) is 20.9. The first-order chi connectivity index (χ1) is 12.8. The third kappa shape index (κ3) is 4.94. The van der Waals surface area contributed by atoms with Gasteiger partial charge in [0.2, 0.25) is 0 Å². The van der Waals surface area contributed by atoms with Crippen LogP contribution in [0, 0.1) is 0 Å². The van der Waals surface area contributed by atoms with Crippen molar-refractivity contribution in [2.75, 3.05) is 6.61 Å². The molecule has 16 nitrogen and oxygen atoms in total. The Kier molecular flexibility index (Phi) is 5.71. The highest BCUT2D eigenvalue weighted by molar-refractivity contribution is 7.66. The van der Waals surface area contributed by atoms with E-state index in [2.05, 4.69) is 18.1 Å². The van der Waals surface area contributed by atoms with Gasteiger partial charge in [0, 0.05) is 12.3 Å². The van der Waals surface area contributed by atoms with Crippen LogP contribution < -0.4 is 10.3 Å². The SMILES string of the molecule is O=c1ccn2c(n1)O[C@H]1[C@H](O)[C@@H](COP(=O)(O)OP(=O)(O)OP(=O)(O)O)O[C@H]12. The quantitative estimate of drug-likeness (QED) is 0.291. The number of rotatable bonds is 7. The normalized spacial score (nSPS) is 30.8. The topological polar surface area (TPSA) is 233 Å². The maximum atomic E-state index is 11.7. The highest BCUT2D eigenvalue weighted by atomic mass is 31.3. The molecule has 0 spiro atoms. The van der Waals surface area contributed by atoms with Crippen molar-refractivity contribution >= 4 is 23.5 Å². The van der Waals surface area contributed by atoms with E-state index in [1.54, 1.807) is 0 Å². The van der Waals surface area contributed by atoms with Crippen LogP contribution in [0.15, 0.2) is 17.1 Å². The number of nitrogens with zero attached hydrogens (tertiary/aromatic N) is 2. The van der Waals surface area contributed by atoms with Gasteiger partial charge in [0.15, 0.2) is 12.3 Å². The predicted molar refractivity (Wildman–Crippen MR) is 82.6 cm³/mol. The van der Waals surface area contributed by atoms with Crippen LogP contribution in [-0.2, 0) is 31.6 Å². The van der Waals surface area contributed by atoms with Crippen molar-refractivity contribution in [3.63, 3.8) is 0 Å². The summed E-state index contributed by atoms with van der Waals surface area (Å²) in [4.78, 5) is 50.1. The van der Waals surface area contributed by atoms with Gasteiger partial charge in [-0.2, -0.15) is 13.6 Å². The molecule has 2 unspecified atom stereocenters. The van der Waals surface area contributed by atoms with Gasteiger partial charge in [0.25, 0.3) is 5.56 Å². The van der Waals surface area contributed by atoms with Crippen LogP contribution in [0.5, 0.6) is 6.01 Å². The second-order valence-electron chi connectivity index (χ2n) is 5.48. The molecule has 19 heteroatoms. The largest absolute Gasteiger partial charge is 0.490 e. The van der Waals surface area contributed by atoms with Gasteiger partial charge < -0.3 is 34.2 Å². The van der Waals surface area contributed by atoms with E-state index in [1.165, 1.54) is 10.8 Å². The summed E-state index contributed by atoms with van der Waals surface area (Å²) in [7, 11) is -16.5. The van der Waals surface area contributed by atoms with Crippen molar-refractivity contribution in [1.29, 1.82) is 0 Å². The summed E-state index contributed by atoms with van der Waals surface area (Å²) in [5.41, 5.74) is -0.579. The molecule has 1 saturated heterocycles. The molecular weight excluding hydrogens is 453 g/mol. The number of phosphoric ester groups is 1. The minimum Gasteiger partial charge on any atom is -0.453 e. The van der Waals surface area contributed by atoms with Gasteiger partial charge >= 0.3 is 29.5 Å². The molecule has 1 aromatic heterocycles. The van der Waals surface area contributed by atoms with Crippen LogP contribution in [-0.4, -0.2) is 59.2 Å². The van der Waals surface area contributed by atoms with E-state index in [9.17, 15) is 28.5 Å². The number of ether oxygens (including phenoxy) is 2. The van der Waals surface area contributed by atoms with Gasteiger partial charge in [-0.15, -0.1) is 0 Å². The molecular formula is C9H13N2O14P3. The Labute approximate surface area is 154 Å². The molecule has 2 aliphatic heterocycles. The summed E-state index contributed by atoms with van der Waals surface area (Å²) < 4.78 is 57.0. The number of aliphatic hydroxyl groups is 1. The molecule has 0 bridgehead atoms. The molecule has 0 amide bonds. The monoisotopic (exact) mass is 466 g/mol. The van der Waals surface area contributed by atoms with Crippen molar-refractivity contribution in [2.24, 2.45) is 0 Å². The number of aromatic nitrogens is 2. The van der Waals surface area contributed by atoms with Crippen LogP contribution in [0.3, 0.4) is 0 Å². The molecule has 28 heavy (non-hydrogen) atoms. The fourth-order valence-corrected chi connectivity index (χ4v) is 5.51. The van der Waals surface area contributed by atoms with E-state index < -0.39 is 60.2 Å². The maximum absolute atomic E-state index is 11.7. The van der Waals surface area contributed by atoms with Crippen LogP contribution in [0.1, 0.15) is 6.23 Å². The van der Waals surface area contributed by atoms with E-state index in [4.69, 9.17) is 24.2 Å². The van der Waals surface area contributed by atoms with Gasteiger partial charge in [0.05, 0.1) is 6.61 Å². The standard InChI is InChI=1S/C9H13N2O14P3/c12-5-1-2-11-8-7(23-9(11)10-5)6(13)4(22-8)3-21-27(17,18)25-28(19,20)24-26(14,15)16/h1-2,4,6-8,13H,3H2,(H,17,18)(H,19,20)(H2,14,15,16)/t4-,6-,7+,8-/m1/s1. The lowest BCUT2D eigenvalue weighted by Crippen LogP contribution is -2.35. The Balaban J connectivity index is 1.62. The van der Waals surface area contributed by atoms with Crippen molar-refractivity contribution < 1.29 is 61.0 Å². The van der Waals surface area contributed by atoms with E-state index in [0.717, 1.165) is 6.07 Å². The Morgan fingerprint density at radius 3 is 2.46 bits per heavy atom. The van der Waals surface area contributed by atoms with Crippen molar-refractivity contribution in [3.05, 3.63) is 22.6 Å². The van der Waals surface area contributed by atoms with Crippen LogP contribution >= 0.6 is 23.5 Å². The second kappa shape index (κ2) is 7.36. The van der Waals surface area contributed by atoms with Crippen LogP contribution in [0.2, 0.25) is 0 Å². The van der Waals surface area contributed by atoms with Gasteiger partial charge in [-0.25, -0.2) is 13.7 Å². The first-order valence-corrected chi connectivity index (χ1v) is 11.7. The van der Waals surface area contributed by atoms with Gasteiger partial charge in [0.1, 0.15) is 12.2 Å².